The van der Waals surface area contributed by atoms with Crippen molar-refractivity contribution in [1.29, 1.82) is 0 Å². The molecule has 0 aliphatic rings. The first-order valence-corrected chi connectivity index (χ1v) is 6.28. The van der Waals surface area contributed by atoms with Crippen LogP contribution in [0.2, 0.25) is 0 Å². The van der Waals surface area contributed by atoms with Crippen molar-refractivity contribution in [2.45, 2.75) is 19.9 Å². The van der Waals surface area contributed by atoms with Crippen LogP contribution in [0, 0.1) is 6.92 Å². The van der Waals surface area contributed by atoms with Gasteiger partial charge < -0.3 is 10.6 Å². The molecule has 0 saturated heterocycles. The van der Waals surface area contributed by atoms with E-state index >= 15 is 0 Å². The topological polar surface area (TPSA) is 55.0 Å². The van der Waals surface area contributed by atoms with Crippen LogP contribution < -0.4 is 10.6 Å². The minimum absolute atomic E-state index is 0.228. The molecule has 2 N–H and O–H groups in total. The zero-order valence-electron chi connectivity index (χ0n) is 10.2. The number of benzene rings is 1. The predicted octanol–water partition coefficient (Wildman–Crippen LogP) is 2.63. The lowest BCUT2D eigenvalue weighted by molar-refractivity contribution is 0.731. The molecule has 0 aliphatic carbocycles. The molecule has 1 unspecified atom stereocenters. The second-order valence-corrected chi connectivity index (χ2v) is 5.22. The lowest BCUT2D eigenvalue weighted by atomic mass is 10.1. The van der Waals surface area contributed by atoms with E-state index in [1.165, 1.54) is 5.56 Å². The number of aromatic nitrogens is 2. The molecule has 2 rings (SSSR count). The van der Waals surface area contributed by atoms with E-state index < -0.39 is 0 Å². The van der Waals surface area contributed by atoms with Gasteiger partial charge in [-0.05, 0) is 31.5 Å². The van der Waals surface area contributed by atoms with Crippen LogP contribution in [-0.4, -0.2) is 17.2 Å². The van der Waals surface area contributed by atoms with Gasteiger partial charge in [0, 0.05) is 12.7 Å². The SMILES string of the molecule is Cc1nnc(N(C)C(C)c2cccc(N)c2)s1. The standard InChI is InChI=1S/C12H16N4S/c1-8(10-5-4-6-11(13)7-10)16(3)12-15-14-9(2)17-12/h4-8H,13H2,1-3H3. The Labute approximate surface area is 105 Å². The zero-order chi connectivity index (χ0) is 12.4. The second kappa shape index (κ2) is 4.71. The monoisotopic (exact) mass is 248 g/mol. The summed E-state index contributed by atoms with van der Waals surface area (Å²) in [7, 11) is 2.02. The van der Waals surface area contributed by atoms with Crippen LogP contribution >= 0.6 is 11.3 Å². The average Bonchev–Trinajstić information content (AvgIpc) is 2.74. The third-order valence-electron chi connectivity index (χ3n) is 2.79. The molecule has 1 atom stereocenters. The third kappa shape index (κ3) is 2.55. The van der Waals surface area contributed by atoms with Gasteiger partial charge in [-0.25, -0.2) is 0 Å². The fourth-order valence-electron chi connectivity index (χ4n) is 1.64. The van der Waals surface area contributed by atoms with Crippen LogP contribution in [0.1, 0.15) is 23.5 Å². The smallest absolute Gasteiger partial charge is 0.208 e. The van der Waals surface area contributed by atoms with E-state index in [1.807, 2.05) is 32.2 Å². The molecule has 0 aliphatic heterocycles. The van der Waals surface area contributed by atoms with Crippen molar-refractivity contribution >= 4 is 22.2 Å². The van der Waals surface area contributed by atoms with E-state index in [9.17, 15) is 0 Å². The lowest BCUT2D eigenvalue weighted by Gasteiger charge is -2.24. The van der Waals surface area contributed by atoms with Gasteiger partial charge in [0.05, 0.1) is 6.04 Å². The highest BCUT2D eigenvalue weighted by atomic mass is 32.1. The Morgan fingerprint density at radius 3 is 2.71 bits per heavy atom. The molecule has 1 heterocycles. The number of nitrogen functional groups attached to an aromatic ring is 1. The first-order chi connectivity index (χ1) is 8.08. The van der Waals surface area contributed by atoms with Crippen LogP contribution in [0.5, 0.6) is 0 Å². The van der Waals surface area contributed by atoms with E-state index in [1.54, 1.807) is 11.3 Å². The Morgan fingerprint density at radius 2 is 2.12 bits per heavy atom. The molecule has 0 fully saturated rings. The number of nitrogens with zero attached hydrogens (tertiary/aromatic N) is 3. The van der Waals surface area contributed by atoms with Gasteiger partial charge in [0.25, 0.3) is 0 Å². The van der Waals surface area contributed by atoms with E-state index in [4.69, 9.17) is 5.73 Å². The summed E-state index contributed by atoms with van der Waals surface area (Å²) in [5.41, 5.74) is 7.76. The first kappa shape index (κ1) is 11.9. The summed E-state index contributed by atoms with van der Waals surface area (Å²) in [5.74, 6) is 0. The van der Waals surface area contributed by atoms with E-state index in [2.05, 4.69) is 28.1 Å². The quantitative estimate of drug-likeness (QED) is 0.848. The molecule has 0 bridgehead atoms. The van der Waals surface area contributed by atoms with Gasteiger partial charge in [0.15, 0.2) is 0 Å². The van der Waals surface area contributed by atoms with Crippen LogP contribution in [0.25, 0.3) is 0 Å². The summed E-state index contributed by atoms with van der Waals surface area (Å²) < 4.78 is 0. The predicted molar refractivity (Wildman–Crippen MR) is 72.3 cm³/mol. The third-order valence-corrected chi connectivity index (χ3v) is 3.72. The molecule has 17 heavy (non-hydrogen) atoms. The van der Waals surface area contributed by atoms with Crippen molar-refractivity contribution in [3.8, 4) is 0 Å². The molecule has 4 nitrogen and oxygen atoms in total. The highest BCUT2D eigenvalue weighted by Gasteiger charge is 2.15. The van der Waals surface area contributed by atoms with Crippen LogP contribution in [0.15, 0.2) is 24.3 Å². The lowest BCUT2D eigenvalue weighted by Crippen LogP contribution is -2.21. The molecular weight excluding hydrogens is 232 g/mol. The summed E-state index contributed by atoms with van der Waals surface area (Å²) in [6, 6.07) is 8.16. The van der Waals surface area contributed by atoms with Gasteiger partial charge in [-0.15, -0.1) is 10.2 Å². The van der Waals surface area contributed by atoms with Gasteiger partial charge in [-0.2, -0.15) is 0 Å². The van der Waals surface area contributed by atoms with Crippen molar-refractivity contribution in [3.05, 3.63) is 34.8 Å². The Balaban J connectivity index is 2.22. The molecule has 1 aromatic heterocycles. The van der Waals surface area contributed by atoms with E-state index in [0.717, 1.165) is 15.8 Å². The Bertz CT molecular complexity index is 509. The number of rotatable bonds is 3. The Hall–Kier alpha value is -1.62. The second-order valence-electron chi connectivity index (χ2n) is 4.06. The fraction of sp³-hybridized carbons (Fsp3) is 0.333. The first-order valence-electron chi connectivity index (χ1n) is 5.46. The maximum atomic E-state index is 5.80. The molecule has 90 valence electrons. The summed E-state index contributed by atoms with van der Waals surface area (Å²) in [5, 5.41) is 10.1. The Kier molecular flexibility index (Phi) is 3.28. The number of aryl methyl sites for hydroxylation is 1. The number of hydrogen-bond acceptors (Lipinski definition) is 5. The molecule has 5 heteroatoms. The minimum atomic E-state index is 0.228. The molecule has 1 aromatic carbocycles. The van der Waals surface area contributed by atoms with Gasteiger partial charge in [0.2, 0.25) is 5.13 Å². The summed E-state index contributed by atoms with van der Waals surface area (Å²) in [6.45, 7) is 4.09. The summed E-state index contributed by atoms with van der Waals surface area (Å²) >= 11 is 1.60. The van der Waals surface area contributed by atoms with Gasteiger partial charge in [-0.3, -0.25) is 0 Å². The molecule has 0 amide bonds. The van der Waals surface area contributed by atoms with Crippen molar-refractivity contribution in [3.63, 3.8) is 0 Å². The van der Waals surface area contributed by atoms with Crippen molar-refractivity contribution in [1.82, 2.24) is 10.2 Å². The maximum absolute atomic E-state index is 5.80. The summed E-state index contributed by atoms with van der Waals surface area (Å²) in [4.78, 5) is 2.11. The number of nitrogens with two attached hydrogens (primary N) is 1. The molecule has 2 aromatic rings. The normalized spacial score (nSPS) is 12.4. The molecular formula is C12H16N4S. The van der Waals surface area contributed by atoms with Crippen molar-refractivity contribution in [2.24, 2.45) is 0 Å². The number of hydrogen-bond donors (Lipinski definition) is 1. The van der Waals surface area contributed by atoms with Gasteiger partial charge in [-0.1, -0.05) is 23.5 Å². The highest BCUT2D eigenvalue weighted by Crippen LogP contribution is 2.28. The van der Waals surface area contributed by atoms with Crippen molar-refractivity contribution in [2.75, 3.05) is 17.7 Å². The highest BCUT2D eigenvalue weighted by molar-refractivity contribution is 7.15. The van der Waals surface area contributed by atoms with Gasteiger partial charge in [0.1, 0.15) is 5.01 Å². The minimum Gasteiger partial charge on any atom is -0.399 e. The zero-order valence-corrected chi connectivity index (χ0v) is 11.0. The van der Waals surface area contributed by atoms with Crippen LogP contribution in [0.4, 0.5) is 10.8 Å². The Morgan fingerprint density at radius 1 is 1.35 bits per heavy atom. The maximum Gasteiger partial charge on any atom is 0.208 e. The largest absolute Gasteiger partial charge is 0.399 e. The average molecular weight is 248 g/mol. The fourth-order valence-corrected chi connectivity index (χ4v) is 2.37. The number of anilines is 2. The molecule has 0 saturated carbocycles. The van der Waals surface area contributed by atoms with Crippen LogP contribution in [-0.2, 0) is 0 Å². The molecule has 0 radical (unpaired) electrons. The van der Waals surface area contributed by atoms with E-state index in [-0.39, 0.29) is 6.04 Å². The van der Waals surface area contributed by atoms with Gasteiger partial charge >= 0.3 is 0 Å². The van der Waals surface area contributed by atoms with Crippen LogP contribution in [0.3, 0.4) is 0 Å². The molecule has 0 spiro atoms. The van der Waals surface area contributed by atoms with Crippen molar-refractivity contribution < 1.29 is 0 Å². The van der Waals surface area contributed by atoms with E-state index in [0.29, 0.717) is 0 Å². The summed E-state index contributed by atoms with van der Waals surface area (Å²) in [6.07, 6.45) is 0.